The molecule has 0 bridgehead atoms. The van der Waals surface area contributed by atoms with E-state index in [9.17, 15) is 14.0 Å². The van der Waals surface area contributed by atoms with Crippen molar-refractivity contribution in [2.75, 3.05) is 20.2 Å². The molecular weight excluding hydrogens is 399 g/mol. The first-order valence-electron chi connectivity index (χ1n) is 10.4. The van der Waals surface area contributed by atoms with Crippen LogP contribution in [0.25, 0.3) is 11.0 Å². The Kier molecular flexibility index (Phi) is 4.84. The van der Waals surface area contributed by atoms with Gasteiger partial charge >= 0.3 is 6.09 Å². The number of carbonyl (C=O) groups is 2. The third kappa shape index (κ3) is 3.32. The summed E-state index contributed by atoms with van der Waals surface area (Å²) >= 11 is 0. The Bertz CT molecular complexity index is 1160. The number of aromatic nitrogens is 2. The van der Waals surface area contributed by atoms with Crippen molar-refractivity contribution in [1.82, 2.24) is 19.8 Å². The number of hydrogen-bond acceptors (Lipinski definition) is 4. The van der Waals surface area contributed by atoms with Crippen LogP contribution in [-0.4, -0.2) is 52.0 Å². The van der Waals surface area contributed by atoms with Crippen LogP contribution < -0.4 is 0 Å². The molecule has 31 heavy (non-hydrogen) atoms. The first-order valence-corrected chi connectivity index (χ1v) is 10.4. The standard InChI is InChI=1S/C23H23FN4O3/c1-31-23(30)28-12-10-14-5-2-3-6-16(14)20(28)22(29)27-11-4-7-19(27)21-25-17-9-8-15(24)13-18(17)26-21/h2-3,5-6,8-9,13,19-20H,4,7,10-12H2,1H3,(H,25,26). The van der Waals surface area contributed by atoms with Crippen molar-refractivity contribution >= 4 is 23.0 Å². The lowest BCUT2D eigenvalue weighted by Crippen LogP contribution is -2.48. The fourth-order valence-electron chi connectivity index (χ4n) is 4.78. The van der Waals surface area contributed by atoms with Crippen molar-refractivity contribution in [2.24, 2.45) is 0 Å². The maximum absolute atomic E-state index is 13.8. The Balaban J connectivity index is 1.51. The van der Waals surface area contributed by atoms with E-state index < -0.39 is 12.1 Å². The molecule has 0 radical (unpaired) electrons. The average Bonchev–Trinajstić information content (AvgIpc) is 3.43. The Morgan fingerprint density at radius 3 is 2.84 bits per heavy atom. The van der Waals surface area contributed by atoms with E-state index in [0.717, 1.165) is 24.0 Å². The van der Waals surface area contributed by atoms with E-state index in [0.29, 0.717) is 36.4 Å². The van der Waals surface area contributed by atoms with Crippen molar-refractivity contribution in [3.63, 3.8) is 0 Å². The van der Waals surface area contributed by atoms with Crippen LogP contribution in [0.3, 0.4) is 0 Å². The van der Waals surface area contributed by atoms with Gasteiger partial charge < -0.3 is 14.6 Å². The lowest BCUT2D eigenvalue weighted by Gasteiger charge is -2.38. The number of halogens is 1. The first kappa shape index (κ1) is 19.5. The highest BCUT2D eigenvalue weighted by atomic mass is 19.1. The zero-order chi connectivity index (χ0) is 21.5. The van der Waals surface area contributed by atoms with Crippen LogP contribution in [0, 0.1) is 5.82 Å². The summed E-state index contributed by atoms with van der Waals surface area (Å²) < 4.78 is 18.6. The summed E-state index contributed by atoms with van der Waals surface area (Å²) in [5.41, 5.74) is 3.17. The van der Waals surface area contributed by atoms with E-state index in [2.05, 4.69) is 9.97 Å². The number of aromatic amines is 1. The van der Waals surface area contributed by atoms with Crippen LogP contribution in [0.2, 0.25) is 0 Å². The summed E-state index contributed by atoms with van der Waals surface area (Å²) in [6.45, 7) is 0.991. The highest BCUT2D eigenvalue weighted by Gasteiger charge is 2.42. The van der Waals surface area contributed by atoms with Crippen LogP contribution >= 0.6 is 0 Å². The predicted molar refractivity (Wildman–Crippen MR) is 112 cm³/mol. The summed E-state index contributed by atoms with van der Waals surface area (Å²) in [5, 5.41) is 0. The topological polar surface area (TPSA) is 78.5 Å². The van der Waals surface area contributed by atoms with Gasteiger partial charge in [0.25, 0.3) is 5.91 Å². The van der Waals surface area contributed by atoms with Crippen LogP contribution in [0.5, 0.6) is 0 Å². The van der Waals surface area contributed by atoms with Gasteiger partial charge in [0, 0.05) is 13.1 Å². The molecule has 3 aromatic rings. The van der Waals surface area contributed by atoms with Gasteiger partial charge in [0.05, 0.1) is 24.2 Å². The largest absolute Gasteiger partial charge is 0.453 e. The van der Waals surface area contributed by atoms with Gasteiger partial charge in [-0.25, -0.2) is 14.2 Å². The summed E-state index contributed by atoms with van der Waals surface area (Å²) in [6.07, 6.45) is 1.74. The Hall–Kier alpha value is -3.42. The van der Waals surface area contributed by atoms with Crippen molar-refractivity contribution in [2.45, 2.75) is 31.3 Å². The van der Waals surface area contributed by atoms with Crippen molar-refractivity contribution in [1.29, 1.82) is 0 Å². The number of imidazole rings is 1. The number of methoxy groups -OCH3 is 1. The SMILES string of the molecule is COC(=O)N1CCc2ccccc2C1C(=O)N1CCCC1c1nc2ccc(F)cc2[nH]1. The van der Waals surface area contributed by atoms with Gasteiger partial charge in [0.2, 0.25) is 0 Å². The Morgan fingerprint density at radius 1 is 1.16 bits per heavy atom. The Morgan fingerprint density at radius 2 is 2.00 bits per heavy atom. The first-order chi connectivity index (χ1) is 15.1. The minimum Gasteiger partial charge on any atom is -0.453 e. The van der Waals surface area contributed by atoms with E-state index >= 15 is 0 Å². The number of hydrogen-bond donors (Lipinski definition) is 1. The highest BCUT2D eigenvalue weighted by molar-refractivity contribution is 5.88. The molecule has 2 aliphatic rings. The molecule has 160 valence electrons. The molecule has 1 fully saturated rings. The number of nitrogens with one attached hydrogen (secondary N) is 1. The zero-order valence-corrected chi connectivity index (χ0v) is 17.2. The summed E-state index contributed by atoms with van der Waals surface area (Å²) in [5.74, 6) is 0.154. The summed E-state index contributed by atoms with van der Waals surface area (Å²) in [6, 6.07) is 11.1. The second-order valence-electron chi connectivity index (χ2n) is 7.99. The van der Waals surface area contributed by atoms with Crippen LogP contribution in [-0.2, 0) is 16.0 Å². The molecule has 2 aromatic carbocycles. The molecule has 0 spiro atoms. The molecule has 2 aliphatic heterocycles. The van der Waals surface area contributed by atoms with Gasteiger partial charge in [-0.2, -0.15) is 0 Å². The van der Waals surface area contributed by atoms with E-state index in [1.807, 2.05) is 24.3 Å². The van der Waals surface area contributed by atoms with Gasteiger partial charge in [0.15, 0.2) is 0 Å². The average molecular weight is 422 g/mol. The maximum Gasteiger partial charge on any atom is 0.410 e. The molecular formula is C23H23FN4O3. The molecule has 3 heterocycles. The Labute approximate surface area is 178 Å². The minimum absolute atomic E-state index is 0.147. The minimum atomic E-state index is -0.736. The number of nitrogens with zero attached hydrogens (tertiary/aromatic N) is 3. The number of rotatable bonds is 2. The number of ether oxygens (including phenoxy) is 1. The van der Waals surface area contributed by atoms with E-state index in [1.165, 1.54) is 24.1 Å². The molecule has 0 saturated carbocycles. The zero-order valence-electron chi connectivity index (χ0n) is 17.2. The molecule has 8 heteroatoms. The quantitative estimate of drug-likeness (QED) is 0.683. The van der Waals surface area contributed by atoms with E-state index in [4.69, 9.17) is 4.74 Å². The normalized spacial score (nSPS) is 20.7. The molecule has 1 saturated heterocycles. The number of fused-ring (bicyclic) bond motifs is 2. The van der Waals surface area contributed by atoms with E-state index in [1.54, 1.807) is 11.0 Å². The van der Waals surface area contributed by atoms with Gasteiger partial charge in [-0.05, 0) is 48.6 Å². The molecule has 7 nitrogen and oxygen atoms in total. The smallest absolute Gasteiger partial charge is 0.410 e. The molecule has 2 unspecified atom stereocenters. The van der Waals surface area contributed by atoms with E-state index in [-0.39, 0.29) is 17.8 Å². The molecule has 5 rings (SSSR count). The van der Waals surface area contributed by atoms with Gasteiger partial charge in [0.1, 0.15) is 17.7 Å². The van der Waals surface area contributed by atoms with Gasteiger partial charge in [-0.15, -0.1) is 0 Å². The summed E-state index contributed by atoms with van der Waals surface area (Å²) in [4.78, 5) is 37.4. The number of H-pyrrole nitrogens is 1. The maximum atomic E-state index is 13.8. The fraction of sp³-hybridized carbons (Fsp3) is 0.348. The third-order valence-electron chi connectivity index (χ3n) is 6.24. The van der Waals surface area contributed by atoms with Crippen molar-refractivity contribution in [3.8, 4) is 0 Å². The summed E-state index contributed by atoms with van der Waals surface area (Å²) in [7, 11) is 1.33. The molecule has 2 atom stereocenters. The van der Waals surface area contributed by atoms with Crippen LogP contribution in [0.4, 0.5) is 9.18 Å². The molecule has 1 N–H and O–H groups in total. The number of benzene rings is 2. The second-order valence-corrected chi connectivity index (χ2v) is 7.99. The fourth-order valence-corrected chi connectivity index (χ4v) is 4.78. The molecule has 1 aromatic heterocycles. The van der Waals surface area contributed by atoms with Crippen molar-refractivity contribution < 1.29 is 18.7 Å². The predicted octanol–water partition coefficient (Wildman–Crippen LogP) is 3.73. The molecule has 2 amide bonds. The van der Waals surface area contributed by atoms with Gasteiger partial charge in [-0.3, -0.25) is 9.69 Å². The monoisotopic (exact) mass is 422 g/mol. The number of likely N-dealkylation sites (tertiary alicyclic amines) is 1. The number of carbonyl (C=O) groups excluding carboxylic acids is 2. The molecule has 0 aliphatic carbocycles. The highest BCUT2D eigenvalue weighted by Crippen LogP contribution is 2.38. The lowest BCUT2D eigenvalue weighted by atomic mass is 9.92. The van der Waals surface area contributed by atoms with Crippen LogP contribution in [0.15, 0.2) is 42.5 Å². The van der Waals surface area contributed by atoms with Gasteiger partial charge in [-0.1, -0.05) is 24.3 Å². The lowest BCUT2D eigenvalue weighted by molar-refractivity contribution is -0.138. The van der Waals surface area contributed by atoms with Crippen molar-refractivity contribution in [3.05, 3.63) is 65.2 Å². The third-order valence-corrected chi connectivity index (χ3v) is 6.24. The second kappa shape index (κ2) is 7.68. The number of amides is 2. The van der Waals surface area contributed by atoms with Crippen LogP contribution in [0.1, 0.15) is 41.9 Å².